The summed E-state index contributed by atoms with van der Waals surface area (Å²) in [7, 11) is -3.35. The first-order valence-corrected chi connectivity index (χ1v) is 9.63. The number of rotatable bonds is 4. The Balaban J connectivity index is 2.48. The Morgan fingerprint density at radius 3 is 2.27 bits per heavy atom. The van der Waals surface area contributed by atoms with E-state index in [9.17, 15) is 13.2 Å². The number of carbonyl (C=O) groups excluding carboxylic acids is 1. The summed E-state index contributed by atoms with van der Waals surface area (Å²) in [6.07, 6.45) is 3.43. The Hall–Kier alpha value is -1.56. The molecule has 0 bridgehead atoms. The number of hydrogen-bond donors (Lipinski definition) is 0. The van der Waals surface area contributed by atoms with Crippen LogP contribution in [0, 0.1) is 5.92 Å². The molecule has 22 heavy (non-hydrogen) atoms. The van der Waals surface area contributed by atoms with E-state index in [4.69, 9.17) is 0 Å². The molecule has 6 heteroatoms. The highest BCUT2D eigenvalue weighted by molar-refractivity contribution is 7.92. The fraction of sp³-hybridized carbons (Fsp3) is 0.562. The van der Waals surface area contributed by atoms with E-state index in [1.165, 1.54) is 10.6 Å². The van der Waals surface area contributed by atoms with E-state index in [2.05, 4.69) is 0 Å². The van der Waals surface area contributed by atoms with Crippen LogP contribution in [0.1, 0.15) is 33.1 Å². The van der Waals surface area contributed by atoms with Crippen molar-refractivity contribution in [2.45, 2.75) is 33.1 Å². The van der Waals surface area contributed by atoms with E-state index >= 15 is 0 Å². The van der Waals surface area contributed by atoms with Crippen LogP contribution in [0.5, 0.6) is 0 Å². The summed E-state index contributed by atoms with van der Waals surface area (Å²) in [5.41, 5.74) is 1.30. The van der Waals surface area contributed by atoms with Crippen LogP contribution in [0.3, 0.4) is 0 Å². The average Bonchev–Trinajstić information content (AvgIpc) is 2.67. The van der Waals surface area contributed by atoms with Gasteiger partial charge in [-0.2, -0.15) is 0 Å². The summed E-state index contributed by atoms with van der Waals surface area (Å²) < 4.78 is 25.5. The van der Waals surface area contributed by atoms with Gasteiger partial charge in [0.15, 0.2) is 0 Å². The number of carbonyl (C=O) groups is 1. The van der Waals surface area contributed by atoms with E-state index in [1.807, 2.05) is 32.0 Å². The topological polar surface area (TPSA) is 57.7 Å². The average molecular weight is 324 g/mol. The molecule has 5 nitrogen and oxygen atoms in total. The monoisotopic (exact) mass is 324 g/mol. The SMILES string of the molecule is CCC(CC)C(=O)N1CCCN(S(C)(=O)=O)c2ccccc21. The standard InChI is InChI=1S/C16H24N2O3S/c1-4-13(5-2)16(19)17-11-8-12-18(22(3,20)21)15-10-7-6-9-14(15)17/h6-7,9-10,13H,4-5,8,11-12H2,1-3H3. The van der Waals surface area contributed by atoms with Crippen LogP contribution in [0.4, 0.5) is 11.4 Å². The predicted molar refractivity (Wildman–Crippen MR) is 89.7 cm³/mol. The van der Waals surface area contributed by atoms with Crippen molar-refractivity contribution in [3.63, 3.8) is 0 Å². The molecule has 122 valence electrons. The number of hydrogen-bond acceptors (Lipinski definition) is 3. The number of benzene rings is 1. The van der Waals surface area contributed by atoms with Crippen molar-refractivity contribution in [1.82, 2.24) is 0 Å². The third-order valence-electron chi connectivity index (χ3n) is 4.19. The van der Waals surface area contributed by atoms with E-state index < -0.39 is 10.0 Å². The molecule has 0 saturated carbocycles. The number of para-hydroxylation sites is 2. The van der Waals surface area contributed by atoms with E-state index in [-0.39, 0.29) is 11.8 Å². The summed E-state index contributed by atoms with van der Waals surface area (Å²) >= 11 is 0. The van der Waals surface area contributed by atoms with Crippen molar-refractivity contribution in [2.24, 2.45) is 5.92 Å². The van der Waals surface area contributed by atoms with Crippen molar-refractivity contribution < 1.29 is 13.2 Å². The lowest BCUT2D eigenvalue weighted by Crippen LogP contribution is -2.36. The largest absolute Gasteiger partial charge is 0.310 e. The molecule has 0 aliphatic carbocycles. The van der Waals surface area contributed by atoms with Crippen molar-refractivity contribution in [1.29, 1.82) is 0 Å². The van der Waals surface area contributed by atoms with Crippen LogP contribution >= 0.6 is 0 Å². The predicted octanol–water partition coefficient (Wildman–Crippen LogP) is 2.63. The fourth-order valence-corrected chi connectivity index (χ4v) is 3.92. The molecule has 0 fully saturated rings. The Bertz CT molecular complexity index is 639. The second-order valence-corrected chi connectivity index (χ2v) is 7.59. The number of amides is 1. The molecule has 0 aromatic heterocycles. The van der Waals surface area contributed by atoms with Crippen LogP contribution in [-0.2, 0) is 14.8 Å². The van der Waals surface area contributed by atoms with Crippen LogP contribution in [0.25, 0.3) is 0 Å². The number of sulfonamides is 1. The first-order chi connectivity index (χ1) is 10.4. The molecule has 1 aromatic rings. The third kappa shape index (κ3) is 3.27. The van der Waals surface area contributed by atoms with E-state index in [0.29, 0.717) is 30.9 Å². The molecule has 0 atom stereocenters. The molecular formula is C16H24N2O3S. The Morgan fingerprint density at radius 2 is 1.73 bits per heavy atom. The smallest absolute Gasteiger partial charge is 0.232 e. The lowest BCUT2D eigenvalue weighted by Gasteiger charge is -2.27. The van der Waals surface area contributed by atoms with Crippen LogP contribution in [0.15, 0.2) is 24.3 Å². The van der Waals surface area contributed by atoms with Gasteiger partial charge in [-0.25, -0.2) is 8.42 Å². The molecule has 0 N–H and O–H groups in total. The van der Waals surface area contributed by atoms with E-state index in [1.54, 1.807) is 11.0 Å². The number of nitrogens with zero attached hydrogens (tertiary/aromatic N) is 2. The Kier molecular flexibility index (Phi) is 5.11. The Labute approximate surface area is 133 Å². The lowest BCUT2D eigenvalue weighted by atomic mass is 10.0. The van der Waals surface area contributed by atoms with Gasteiger partial charge in [0.2, 0.25) is 15.9 Å². The zero-order valence-electron chi connectivity index (χ0n) is 13.4. The summed E-state index contributed by atoms with van der Waals surface area (Å²) in [6.45, 7) is 4.98. The molecule has 0 radical (unpaired) electrons. The van der Waals surface area contributed by atoms with Crippen molar-refractivity contribution in [2.75, 3.05) is 28.6 Å². The highest BCUT2D eigenvalue weighted by Crippen LogP contribution is 2.34. The molecular weight excluding hydrogens is 300 g/mol. The van der Waals surface area contributed by atoms with Gasteiger partial charge in [-0.1, -0.05) is 26.0 Å². The van der Waals surface area contributed by atoms with E-state index in [0.717, 1.165) is 12.8 Å². The summed E-state index contributed by atoms with van der Waals surface area (Å²) in [5.74, 6) is 0.0747. The lowest BCUT2D eigenvalue weighted by molar-refractivity contribution is -0.122. The molecule has 1 aliphatic rings. The van der Waals surface area contributed by atoms with Gasteiger partial charge in [0.05, 0.1) is 17.6 Å². The minimum atomic E-state index is -3.35. The summed E-state index contributed by atoms with van der Waals surface area (Å²) in [4.78, 5) is 14.6. The van der Waals surface area contributed by atoms with Crippen molar-refractivity contribution in [3.05, 3.63) is 24.3 Å². The zero-order chi connectivity index (χ0) is 16.3. The quantitative estimate of drug-likeness (QED) is 0.855. The van der Waals surface area contributed by atoms with Gasteiger partial charge in [-0.3, -0.25) is 9.10 Å². The Morgan fingerprint density at radius 1 is 1.14 bits per heavy atom. The fourth-order valence-electron chi connectivity index (χ4n) is 2.95. The van der Waals surface area contributed by atoms with Crippen LogP contribution < -0.4 is 9.21 Å². The minimum Gasteiger partial charge on any atom is -0.310 e. The minimum absolute atomic E-state index is 0.0159. The second kappa shape index (κ2) is 6.69. The maximum Gasteiger partial charge on any atom is 0.232 e. The van der Waals surface area contributed by atoms with Gasteiger partial charge >= 0.3 is 0 Å². The van der Waals surface area contributed by atoms with Gasteiger partial charge in [-0.05, 0) is 31.4 Å². The molecule has 1 aromatic carbocycles. The maximum atomic E-state index is 12.8. The molecule has 1 amide bonds. The summed E-state index contributed by atoms with van der Waals surface area (Å²) in [5, 5.41) is 0. The summed E-state index contributed by atoms with van der Waals surface area (Å²) in [6, 6.07) is 7.26. The number of fused-ring (bicyclic) bond motifs is 1. The van der Waals surface area contributed by atoms with Crippen LogP contribution in [-0.4, -0.2) is 33.7 Å². The maximum absolute atomic E-state index is 12.8. The van der Waals surface area contributed by atoms with Gasteiger partial charge in [0, 0.05) is 19.0 Å². The number of anilines is 2. The molecule has 0 unspecified atom stereocenters. The molecule has 1 heterocycles. The zero-order valence-corrected chi connectivity index (χ0v) is 14.3. The highest BCUT2D eigenvalue weighted by Gasteiger charge is 2.30. The third-order valence-corrected chi connectivity index (χ3v) is 5.37. The van der Waals surface area contributed by atoms with Crippen molar-refractivity contribution >= 4 is 27.3 Å². The molecule has 0 saturated heterocycles. The first kappa shape index (κ1) is 16.8. The second-order valence-electron chi connectivity index (χ2n) is 5.68. The van der Waals surface area contributed by atoms with Gasteiger partial charge in [-0.15, -0.1) is 0 Å². The van der Waals surface area contributed by atoms with Gasteiger partial charge < -0.3 is 4.90 Å². The highest BCUT2D eigenvalue weighted by atomic mass is 32.2. The van der Waals surface area contributed by atoms with Crippen LogP contribution in [0.2, 0.25) is 0 Å². The van der Waals surface area contributed by atoms with Crippen molar-refractivity contribution in [3.8, 4) is 0 Å². The van der Waals surface area contributed by atoms with Gasteiger partial charge in [0.25, 0.3) is 0 Å². The van der Waals surface area contributed by atoms with Gasteiger partial charge in [0.1, 0.15) is 0 Å². The normalized spacial score (nSPS) is 15.6. The molecule has 0 spiro atoms. The molecule has 2 rings (SSSR count). The molecule has 1 aliphatic heterocycles. The first-order valence-electron chi connectivity index (χ1n) is 7.78.